The molecule has 29 heavy (non-hydrogen) atoms. The maximum Gasteiger partial charge on any atom is 0.145 e. The molecule has 0 unspecified atom stereocenters. The maximum absolute atomic E-state index is 13.5. The van der Waals surface area contributed by atoms with Gasteiger partial charge in [0.2, 0.25) is 0 Å². The molecule has 0 radical (unpaired) electrons. The lowest BCUT2D eigenvalue weighted by Crippen LogP contribution is -2.28. The zero-order valence-corrected chi connectivity index (χ0v) is 20.1. The van der Waals surface area contributed by atoms with Gasteiger partial charge in [0.15, 0.2) is 0 Å². The number of rotatable bonds is 9. The lowest BCUT2D eigenvalue weighted by atomic mass is 9.73. The number of benzene rings is 1. The van der Waals surface area contributed by atoms with Crippen LogP contribution in [0.5, 0.6) is 0 Å². The first kappa shape index (κ1) is 23.3. The molecule has 2 aliphatic rings. The third kappa shape index (κ3) is 7.06. The van der Waals surface area contributed by atoms with Crippen molar-refractivity contribution in [2.45, 2.75) is 102 Å². The fourth-order valence-electron chi connectivity index (χ4n) is 5.90. The minimum absolute atomic E-state index is 0.358. The van der Waals surface area contributed by atoms with Gasteiger partial charge in [-0.15, -0.1) is 0 Å². The van der Waals surface area contributed by atoms with Crippen molar-refractivity contribution in [2.75, 3.05) is 0 Å². The number of unbranched alkanes of at least 4 members (excludes halogenated alkanes) is 2. The molecule has 0 amide bonds. The summed E-state index contributed by atoms with van der Waals surface area (Å²) in [6.07, 6.45) is 15.8. The van der Waals surface area contributed by atoms with Crippen molar-refractivity contribution in [1.29, 1.82) is 0 Å². The molecule has 2 fully saturated rings. The van der Waals surface area contributed by atoms with Gasteiger partial charge in [-0.2, -0.15) is 0 Å². The Balaban J connectivity index is 1.29. The van der Waals surface area contributed by atoms with Crippen molar-refractivity contribution in [3.05, 3.63) is 34.4 Å². The smallest absolute Gasteiger partial charge is 0.145 e. The average molecular weight is 441 g/mol. The first-order valence-electron chi connectivity index (χ1n) is 12.2. The summed E-state index contributed by atoms with van der Waals surface area (Å²) in [6, 6.07) is 7.62. The first-order valence-corrected chi connectivity index (χ1v) is 15.0. The molecule has 1 saturated heterocycles. The molecule has 0 nitrogen and oxygen atoms in total. The van der Waals surface area contributed by atoms with Gasteiger partial charge in [0, 0.05) is 8.80 Å². The van der Waals surface area contributed by atoms with E-state index in [0.29, 0.717) is 0 Å². The van der Waals surface area contributed by atoms with E-state index in [9.17, 15) is 8.78 Å². The summed E-state index contributed by atoms with van der Waals surface area (Å²) >= 11 is 5.56. The van der Waals surface area contributed by atoms with Gasteiger partial charge in [-0.1, -0.05) is 88.0 Å². The van der Waals surface area contributed by atoms with Gasteiger partial charge < -0.3 is 0 Å². The van der Waals surface area contributed by atoms with E-state index in [0.717, 1.165) is 42.6 Å². The summed E-state index contributed by atoms with van der Waals surface area (Å²) in [5.74, 6) is 1.65. The monoisotopic (exact) mass is 440 g/mol. The van der Waals surface area contributed by atoms with Crippen LogP contribution >= 0.6 is 11.6 Å². The fraction of sp³-hybridized carbons (Fsp3) is 0.760. The molecule has 0 spiro atoms. The van der Waals surface area contributed by atoms with Crippen LogP contribution in [0.4, 0.5) is 8.78 Å². The van der Waals surface area contributed by atoms with Crippen molar-refractivity contribution in [2.24, 2.45) is 17.8 Å². The lowest BCUT2D eigenvalue weighted by molar-refractivity contribution is 0.184. The molecule has 0 aromatic heterocycles. The van der Waals surface area contributed by atoms with Crippen molar-refractivity contribution in [3.63, 3.8) is 0 Å². The first-order chi connectivity index (χ1) is 14.1. The van der Waals surface area contributed by atoms with Crippen LogP contribution in [0.3, 0.4) is 0 Å². The minimum Gasteiger partial charge on any atom is -0.205 e. The quantitative estimate of drug-likeness (QED) is 0.205. The number of hydrogen-bond donors (Lipinski definition) is 0. The van der Waals surface area contributed by atoms with E-state index in [-0.39, 0.29) is 13.8 Å². The van der Waals surface area contributed by atoms with Crippen LogP contribution in [0, 0.1) is 29.4 Å². The van der Waals surface area contributed by atoms with Crippen molar-refractivity contribution < 1.29 is 8.78 Å². The van der Waals surface area contributed by atoms with Crippen LogP contribution < -0.4 is 0 Å². The molecular weight excluding hydrogens is 402 g/mol. The lowest BCUT2D eigenvalue weighted by Gasteiger charge is -2.37. The van der Waals surface area contributed by atoms with Crippen molar-refractivity contribution >= 4 is 20.4 Å². The highest BCUT2D eigenvalue weighted by Gasteiger charge is 2.30. The summed E-state index contributed by atoms with van der Waals surface area (Å²) in [7, 11) is -0.358. The van der Waals surface area contributed by atoms with Gasteiger partial charge >= 0.3 is 0 Å². The summed E-state index contributed by atoms with van der Waals surface area (Å²) in [6.45, 7) is 2.33. The standard InChI is InChI=1S/C25H39ClF2Si/c1-2-3-14-29-15-12-22(13-16-29)21-10-8-19(9-11-21)6-4-5-7-20-17-23(27)25(26)24(28)18-20/h17-19,21-22,29H,2-16H2,1H3/t19-,21-,22-,29-. The van der Waals surface area contributed by atoms with Crippen LogP contribution in [0.1, 0.15) is 83.1 Å². The van der Waals surface area contributed by atoms with E-state index >= 15 is 0 Å². The second-order valence-corrected chi connectivity index (χ2v) is 13.7. The topological polar surface area (TPSA) is 0 Å². The second-order valence-electron chi connectivity index (χ2n) is 9.82. The fourth-order valence-corrected chi connectivity index (χ4v) is 9.66. The van der Waals surface area contributed by atoms with E-state index in [1.165, 1.54) is 57.1 Å². The van der Waals surface area contributed by atoms with Gasteiger partial charge in [0.25, 0.3) is 0 Å². The van der Waals surface area contributed by atoms with Gasteiger partial charge in [-0.25, -0.2) is 8.78 Å². The molecule has 1 saturated carbocycles. The Morgan fingerprint density at radius 3 is 2.14 bits per heavy atom. The minimum atomic E-state index is -0.637. The molecule has 0 bridgehead atoms. The summed E-state index contributed by atoms with van der Waals surface area (Å²) in [5, 5.41) is -0.387. The third-order valence-corrected chi connectivity index (χ3v) is 11.7. The Labute approximate surface area is 183 Å². The zero-order valence-electron chi connectivity index (χ0n) is 18.2. The highest BCUT2D eigenvalue weighted by molar-refractivity contribution is 6.58. The Morgan fingerprint density at radius 1 is 0.897 bits per heavy atom. The van der Waals surface area contributed by atoms with Gasteiger partial charge in [0.1, 0.15) is 16.7 Å². The highest BCUT2D eigenvalue weighted by atomic mass is 35.5. The number of hydrogen-bond acceptors (Lipinski definition) is 0. The largest absolute Gasteiger partial charge is 0.205 e. The van der Waals surface area contributed by atoms with Gasteiger partial charge in [-0.3, -0.25) is 0 Å². The molecule has 4 heteroatoms. The molecular formula is C25H39ClF2Si. The SMILES string of the molecule is CCCC[Si@H]1CC[C@H]([C@H]2CC[C@H](CCCCc3cc(F)c(Cl)c(F)c3)CC2)CC1. The van der Waals surface area contributed by atoms with Crippen LogP contribution in [-0.2, 0) is 6.42 Å². The van der Waals surface area contributed by atoms with Crippen LogP contribution in [0.15, 0.2) is 12.1 Å². The predicted octanol–water partition coefficient (Wildman–Crippen LogP) is 8.57. The molecule has 0 N–H and O–H groups in total. The van der Waals surface area contributed by atoms with Gasteiger partial charge in [0.05, 0.1) is 0 Å². The predicted molar refractivity (Wildman–Crippen MR) is 124 cm³/mol. The highest BCUT2D eigenvalue weighted by Crippen LogP contribution is 2.42. The molecule has 0 atom stereocenters. The van der Waals surface area contributed by atoms with E-state index in [1.54, 1.807) is 31.0 Å². The normalized spacial score (nSPS) is 27.9. The molecule has 1 aromatic carbocycles. The van der Waals surface area contributed by atoms with Crippen LogP contribution in [0.25, 0.3) is 0 Å². The molecule has 1 heterocycles. The van der Waals surface area contributed by atoms with Crippen molar-refractivity contribution in [3.8, 4) is 0 Å². The van der Waals surface area contributed by atoms with Crippen molar-refractivity contribution in [1.82, 2.24) is 0 Å². The zero-order chi connectivity index (χ0) is 20.6. The summed E-state index contributed by atoms with van der Waals surface area (Å²) in [5.41, 5.74) is 0.728. The molecule has 1 aromatic rings. The molecule has 1 aliphatic heterocycles. The van der Waals surface area contributed by atoms with Crippen LogP contribution in [-0.4, -0.2) is 8.80 Å². The Bertz CT molecular complexity index is 596. The Hall–Kier alpha value is -0.413. The van der Waals surface area contributed by atoms with E-state index in [1.807, 2.05) is 0 Å². The van der Waals surface area contributed by atoms with E-state index in [4.69, 9.17) is 11.6 Å². The summed E-state index contributed by atoms with van der Waals surface area (Å²) in [4.78, 5) is 0. The molecule has 3 rings (SSSR count). The molecule has 1 aliphatic carbocycles. The maximum atomic E-state index is 13.5. The second kappa shape index (κ2) is 11.8. The Morgan fingerprint density at radius 2 is 1.52 bits per heavy atom. The van der Waals surface area contributed by atoms with Gasteiger partial charge in [-0.05, 0) is 61.1 Å². The number of aryl methyl sites for hydroxylation is 1. The Kier molecular flexibility index (Phi) is 9.49. The van der Waals surface area contributed by atoms with E-state index < -0.39 is 11.6 Å². The molecule has 164 valence electrons. The number of halogens is 3. The van der Waals surface area contributed by atoms with Crippen LogP contribution in [0.2, 0.25) is 23.2 Å². The average Bonchev–Trinajstić information content (AvgIpc) is 2.74. The van der Waals surface area contributed by atoms with E-state index in [2.05, 4.69) is 6.92 Å². The third-order valence-electron chi connectivity index (χ3n) is 7.79. The summed E-state index contributed by atoms with van der Waals surface area (Å²) < 4.78 is 27.1.